The van der Waals surface area contributed by atoms with Crippen molar-refractivity contribution in [3.63, 3.8) is 0 Å². The molecule has 0 spiro atoms. The van der Waals surface area contributed by atoms with Crippen LogP contribution in [-0.2, 0) is 9.53 Å². The van der Waals surface area contributed by atoms with Crippen LogP contribution in [0.3, 0.4) is 0 Å². The van der Waals surface area contributed by atoms with E-state index in [1.54, 1.807) is 6.07 Å². The molecule has 2 N–H and O–H groups in total. The summed E-state index contributed by atoms with van der Waals surface area (Å²) >= 11 is 0. The molecule has 1 atom stereocenters. The predicted molar refractivity (Wildman–Crippen MR) is 67.1 cm³/mol. The molecule has 5 heteroatoms. The second-order valence-electron chi connectivity index (χ2n) is 4.18. The Balaban J connectivity index is 2.12. The number of carbonyl (C=O) groups excluding carboxylic acids is 1. The number of amides is 1. The minimum absolute atomic E-state index is 0.170. The largest absolute Gasteiger partial charge is 0.378 e. The van der Waals surface area contributed by atoms with Gasteiger partial charge in [0.25, 0.3) is 0 Å². The van der Waals surface area contributed by atoms with E-state index in [1.165, 1.54) is 0 Å². The number of anilines is 1. The molecule has 0 aromatic heterocycles. The number of nitrogens with zero attached hydrogens (tertiary/aromatic N) is 1. The Labute approximate surface area is 106 Å². The lowest BCUT2D eigenvalue weighted by molar-refractivity contribution is -0.120. The summed E-state index contributed by atoms with van der Waals surface area (Å²) in [6, 6.07) is 7.14. The first-order chi connectivity index (χ1) is 8.72. The summed E-state index contributed by atoms with van der Waals surface area (Å²) in [6.45, 7) is 3.49. The molecule has 18 heavy (non-hydrogen) atoms. The summed E-state index contributed by atoms with van der Waals surface area (Å²) in [5, 5.41) is 14.9. The number of hydrogen-bond acceptors (Lipinski definition) is 4. The molecule has 0 saturated carbocycles. The molecule has 1 amide bonds. The van der Waals surface area contributed by atoms with Crippen molar-refractivity contribution in [3.05, 3.63) is 29.3 Å². The second-order valence-corrected chi connectivity index (χ2v) is 4.18. The lowest BCUT2D eigenvalue weighted by Gasteiger charge is -2.23. The molecule has 1 aromatic rings. The van der Waals surface area contributed by atoms with Crippen molar-refractivity contribution in [2.45, 2.75) is 13.0 Å². The average molecular weight is 245 g/mol. The fraction of sp³-hybridized carbons (Fsp3) is 0.385. The number of carbonyl (C=O) groups is 1. The topological polar surface area (TPSA) is 74.2 Å². The lowest BCUT2D eigenvalue weighted by Crippen LogP contribution is -2.48. The molecule has 2 rings (SSSR count). The summed E-state index contributed by atoms with van der Waals surface area (Å²) in [6.07, 6.45) is 0. The first-order valence-corrected chi connectivity index (χ1v) is 5.84. The third-order valence-corrected chi connectivity index (χ3v) is 2.88. The van der Waals surface area contributed by atoms with Crippen LogP contribution in [0.2, 0.25) is 0 Å². The zero-order valence-electron chi connectivity index (χ0n) is 10.2. The maximum atomic E-state index is 12.0. The Morgan fingerprint density at radius 3 is 3.11 bits per heavy atom. The highest BCUT2D eigenvalue weighted by Crippen LogP contribution is 2.18. The highest BCUT2D eigenvalue weighted by Gasteiger charge is 2.21. The number of aryl methyl sites for hydroxylation is 1. The van der Waals surface area contributed by atoms with Gasteiger partial charge in [0.05, 0.1) is 24.5 Å². The normalized spacial score (nSPS) is 19.0. The second kappa shape index (κ2) is 5.63. The van der Waals surface area contributed by atoms with Gasteiger partial charge in [-0.3, -0.25) is 4.79 Å². The van der Waals surface area contributed by atoms with Crippen LogP contribution in [-0.4, -0.2) is 31.7 Å². The quantitative estimate of drug-likeness (QED) is 0.808. The first-order valence-electron chi connectivity index (χ1n) is 5.84. The van der Waals surface area contributed by atoms with Gasteiger partial charge in [-0.2, -0.15) is 5.26 Å². The third kappa shape index (κ3) is 2.67. The van der Waals surface area contributed by atoms with Crippen molar-refractivity contribution >= 4 is 11.6 Å². The van der Waals surface area contributed by atoms with Crippen LogP contribution >= 0.6 is 0 Å². The molecule has 1 unspecified atom stereocenters. The fourth-order valence-electron chi connectivity index (χ4n) is 1.87. The third-order valence-electron chi connectivity index (χ3n) is 2.88. The van der Waals surface area contributed by atoms with Crippen LogP contribution in [0.5, 0.6) is 0 Å². The van der Waals surface area contributed by atoms with Crippen molar-refractivity contribution in [1.29, 1.82) is 5.26 Å². The van der Waals surface area contributed by atoms with Gasteiger partial charge in [0.15, 0.2) is 0 Å². The van der Waals surface area contributed by atoms with Crippen LogP contribution in [0.15, 0.2) is 18.2 Å². The number of morpholine rings is 1. The highest BCUT2D eigenvalue weighted by atomic mass is 16.5. The van der Waals surface area contributed by atoms with E-state index in [9.17, 15) is 4.79 Å². The van der Waals surface area contributed by atoms with Gasteiger partial charge < -0.3 is 15.4 Å². The number of nitriles is 1. The molecule has 1 saturated heterocycles. The number of hydrogen-bond donors (Lipinski definition) is 2. The van der Waals surface area contributed by atoms with Crippen LogP contribution in [0.25, 0.3) is 0 Å². The van der Waals surface area contributed by atoms with Gasteiger partial charge in [-0.25, -0.2) is 0 Å². The Morgan fingerprint density at radius 2 is 2.44 bits per heavy atom. The monoisotopic (exact) mass is 245 g/mol. The van der Waals surface area contributed by atoms with E-state index in [0.717, 1.165) is 5.56 Å². The van der Waals surface area contributed by atoms with E-state index >= 15 is 0 Å². The van der Waals surface area contributed by atoms with E-state index in [-0.39, 0.29) is 11.9 Å². The standard InChI is InChI=1S/C13H15N3O2/c1-9-3-2-4-11(10(9)7-14)16-13(17)12-8-18-6-5-15-12/h2-4,12,15H,5-6,8H2,1H3,(H,16,17). The lowest BCUT2D eigenvalue weighted by atomic mass is 10.1. The Hall–Kier alpha value is -1.90. The predicted octanol–water partition coefficient (Wildman–Crippen LogP) is 0.794. The van der Waals surface area contributed by atoms with Gasteiger partial charge in [-0.15, -0.1) is 0 Å². The van der Waals surface area contributed by atoms with Gasteiger partial charge in [0.2, 0.25) is 5.91 Å². The molecule has 5 nitrogen and oxygen atoms in total. The van der Waals surface area contributed by atoms with Crippen LogP contribution in [0.1, 0.15) is 11.1 Å². The molecule has 0 aliphatic carbocycles. The number of nitrogens with one attached hydrogen (secondary N) is 2. The summed E-state index contributed by atoms with van der Waals surface area (Å²) in [4.78, 5) is 12.0. The van der Waals surface area contributed by atoms with Crippen LogP contribution in [0.4, 0.5) is 5.69 Å². The molecule has 1 fully saturated rings. The number of ether oxygens (including phenoxy) is 1. The molecule has 1 aliphatic rings. The maximum Gasteiger partial charge on any atom is 0.243 e. The average Bonchev–Trinajstić information content (AvgIpc) is 2.40. The molecule has 94 valence electrons. The van der Waals surface area contributed by atoms with Gasteiger partial charge in [-0.05, 0) is 18.6 Å². The Kier molecular flexibility index (Phi) is 3.92. The SMILES string of the molecule is Cc1cccc(NC(=O)C2COCCN2)c1C#N. The Morgan fingerprint density at radius 1 is 1.61 bits per heavy atom. The van der Waals surface area contributed by atoms with Crippen LogP contribution < -0.4 is 10.6 Å². The molecule has 1 aromatic carbocycles. The number of rotatable bonds is 2. The molecule has 1 heterocycles. The van der Waals surface area contributed by atoms with Gasteiger partial charge in [-0.1, -0.05) is 12.1 Å². The van der Waals surface area contributed by atoms with Crippen LogP contribution in [0, 0.1) is 18.3 Å². The zero-order chi connectivity index (χ0) is 13.0. The first kappa shape index (κ1) is 12.6. The zero-order valence-corrected chi connectivity index (χ0v) is 10.2. The molecular weight excluding hydrogens is 230 g/mol. The Bertz CT molecular complexity index is 487. The van der Waals surface area contributed by atoms with Crippen molar-refractivity contribution < 1.29 is 9.53 Å². The van der Waals surface area contributed by atoms with Gasteiger partial charge in [0.1, 0.15) is 12.1 Å². The molecule has 0 bridgehead atoms. The minimum Gasteiger partial charge on any atom is -0.378 e. The van der Waals surface area contributed by atoms with E-state index in [0.29, 0.717) is 31.0 Å². The van der Waals surface area contributed by atoms with E-state index < -0.39 is 0 Å². The smallest absolute Gasteiger partial charge is 0.243 e. The molecular formula is C13H15N3O2. The van der Waals surface area contributed by atoms with Gasteiger partial charge >= 0.3 is 0 Å². The van der Waals surface area contributed by atoms with Crippen molar-refractivity contribution in [1.82, 2.24) is 5.32 Å². The summed E-state index contributed by atoms with van der Waals surface area (Å²) in [7, 11) is 0. The maximum absolute atomic E-state index is 12.0. The van der Waals surface area contributed by atoms with Gasteiger partial charge in [0, 0.05) is 6.54 Å². The van der Waals surface area contributed by atoms with Crippen molar-refractivity contribution in [3.8, 4) is 6.07 Å². The number of benzene rings is 1. The summed E-state index contributed by atoms with van der Waals surface area (Å²) in [5.74, 6) is -0.170. The highest BCUT2D eigenvalue weighted by molar-refractivity contribution is 5.96. The molecule has 1 aliphatic heterocycles. The molecule has 0 radical (unpaired) electrons. The fourth-order valence-corrected chi connectivity index (χ4v) is 1.87. The summed E-state index contributed by atoms with van der Waals surface area (Å²) < 4.78 is 5.23. The van der Waals surface area contributed by atoms with E-state index in [1.807, 2.05) is 19.1 Å². The van der Waals surface area contributed by atoms with E-state index in [4.69, 9.17) is 10.00 Å². The van der Waals surface area contributed by atoms with E-state index in [2.05, 4.69) is 16.7 Å². The van der Waals surface area contributed by atoms with Crippen molar-refractivity contribution in [2.75, 3.05) is 25.1 Å². The minimum atomic E-state index is -0.356. The summed E-state index contributed by atoms with van der Waals surface area (Å²) in [5.41, 5.74) is 1.90. The van der Waals surface area contributed by atoms with Crippen molar-refractivity contribution in [2.24, 2.45) is 0 Å².